The summed E-state index contributed by atoms with van der Waals surface area (Å²) in [5.41, 5.74) is 3.52. The smallest absolute Gasteiger partial charge is 0.410 e. The number of carbonyl (C=O) groups is 1. The number of nitrogens with zero attached hydrogens (tertiary/aromatic N) is 2. The Labute approximate surface area is 358 Å². The lowest BCUT2D eigenvalue weighted by atomic mass is 9.55. The molecule has 2 aliphatic heterocycles. The number of fused-ring (bicyclic) bond motifs is 2. The zero-order valence-electron chi connectivity index (χ0n) is 34.9. The Hall–Kier alpha value is -4.33. The lowest BCUT2D eigenvalue weighted by Crippen LogP contribution is -2.69. The third-order valence-corrected chi connectivity index (χ3v) is 13.1. The Morgan fingerprint density at radius 3 is 2.48 bits per heavy atom. The third kappa shape index (κ3) is 9.89. The van der Waals surface area contributed by atoms with E-state index in [1.807, 2.05) is 73.0 Å². The summed E-state index contributed by atoms with van der Waals surface area (Å²) in [6, 6.07) is 22.9. The SMILES string of the molecule is C=CCO[C@@]12Oc3ccc(Oc4ccc(SC)cc4)cc3[C@H]3[C@H](CCCCO)[C@@H](CCCCO)C=C(C(=NOC4CCCCO4)C[C@@H]1N(C)C(=O)OCc1ccccc1)[C@H]32. The fraction of sp³-hybridized carbons (Fsp3) is 0.500. The van der Waals surface area contributed by atoms with Crippen molar-refractivity contribution >= 4 is 23.6 Å². The second-order valence-electron chi connectivity index (χ2n) is 16.1. The minimum absolute atomic E-state index is 0.0763. The summed E-state index contributed by atoms with van der Waals surface area (Å²) in [6.45, 7) is 5.12. The third-order valence-electron chi connectivity index (χ3n) is 12.3. The van der Waals surface area contributed by atoms with Crippen molar-refractivity contribution in [3.8, 4) is 17.2 Å². The average molecular weight is 841 g/mol. The molecular formula is C48H60N2O9S. The number of amides is 1. The number of thioether (sulfide) groups is 1. The van der Waals surface area contributed by atoms with Crippen molar-refractivity contribution in [2.24, 2.45) is 22.9 Å². The minimum Gasteiger partial charge on any atom is -0.459 e. The fourth-order valence-corrected chi connectivity index (χ4v) is 9.84. The van der Waals surface area contributed by atoms with Gasteiger partial charge in [0, 0.05) is 49.5 Å². The van der Waals surface area contributed by atoms with Gasteiger partial charge in [0.05, 0.1) is 24.8 Å². The van der Waals surface area contributed by atoms with Gasteiger partial charge in [-0.05, 0) is 110 Å². The molecule has 2 fully saturated rings. The normalized spacial score (nSPS) is 26.2. The Morgan fingerprint density at radius 1 is 1.00 bits per heavy atom. The molecule has 3 aromatic rings. The van der Waals surface area contributed by atoms with Crippen molar-refractivity contribution in [2.45, 2.75) is 99.7 Å². The monoisotopic (exact) mass is 840 g/mol. The number of unbranched alkanes of at least 4 members (excludes halogenated alkanes) is 2. The Bertz CT molecular complexity index is 1940. The van der Waals surface area contributed by atoms with Crippen LogP contribution in [0.3, 0.4) is 0 Å². The number of allylic oxidation sites excluding steroid dienone is 1. The highest BCUT2D eigenvalue weighted by molar-refractivity contribution is 7.98. The second-order valence-corrected chi connectivity index (χ2v) is 17.0. The van der Waals surface area contributed by atoms with E-state index in [0.717, 1.165) is 72.3 Å². The van der Waals surface area contributed by atoms with Crippen LogP contribution < -0.4 is 9.47 Å². The van der Waals surface area contributed by atoms with E-state index in [9.17, 15) is 15.0 Å². The van der Waals surface area contributed by atoms with Gasteiger partial charge in [-0.15, -0.1) is 18.3 Å². The molecule has 7 rings (SSSR count). The summed E-state index contributed by atoms with van der Waals surface area (Å²) >= 11 is 1.68. The van der Waals surface area contributed by atoms with E-state index in [2.05, 4.69) is 18.7 Å². The van der Waals surface area contributed by atoms with Crippen molar-refractivity contribution in [1.29, 1.82) is 0 Å². The van der Waals surface area contributed by atoms with Crippen LogP contribution in [0.5, 0.6) is 17.2 Å². The maximum absolute atomic E-state index is 14.2. The largest absolute Gasteiger partial charge is 0.459 e. The summed E-state index contributed by atoms with van der Waals surface area (Å²) in [7, 11) is 1.74. The van der Waals surface area contributed by atoms with Gasteiger partial charge in [0.1, 0.15) is 29.9 Å². The van der Waals surface area contributed by atoms with E-state index < -0.39 is 30.1 Å². The molecular weight excluding hydrogens is 781 g/mol. The van der Waals surface area contributed by atoms with Gasteiger partial charge < -0.3 is 43.6 Å². The number of hydrogen-bond donors (Lipinski definition) is 2. The molecule has 2 heterocycles. The van der Waals surface area contributed by atoms with Gasteiger partial charge >= 0.3 is 6.09 Å². The highest BCUT2D eigenvalue weighted by atomic mass is 32.2. The first-order valence-corrected chi connectivity index (χ1v) is 22.7. The number of aliphatic hydroxyl groups is 2. The predicted molar refractivity (Wildman–Crippen MR) is 232 cm³/mol. The summed E-state index contributed by atoms with van der Waals surface area (Å²) in [4.78, 5) is 23.2. The lowest BCUT2D eigenvalue weighted by molar-refractivity contribution is -0.254. The molecule has 0 spiro atoms. The Morgan fingerprint density at radius 2 is 1.77 bits per heavy atom. The van der Waals surface area contributed by atoms with Gasteiger partial charge in [0.15, 0.2) is 0 Å². The zero-order chi connectivity index (χ0) is 41.9. The fourth-order valence-electron chi connectivity index (χ4n) is 9.44. The average Bonchev–Trinajstić information content (AvgIpc) is 3.28. The molecule has 2 N–H and O–H groups in total. The highest BCUT2D eigenvalue weighted by Crippen LogP contribution is 2.62. The molecule has 0 aromatic heterocycles. The summed E-state index contributed by atoms with van der Waals surface area (Å²) in [6.07, 6.45) is 12.8. The molecule has 3 aromatic carbocycles. The van der Waals surface area contributed by atoms with Crippen LogP contribution in [-0.2, 0) is 25.7 Å². The van der Waals surface area contributed by atoms with Crippen LogP contribution in [0.15, 0.2) is 107 Å². The molecule has 12 heteroatoms. The van der Waals surface area contributed by atoms with Crippen molar-refractivity contribution in [2.75, 3.05) is 39.7 Å². The zero-order valence-corrected chi connectivity index (χ0v) is 35.7. The van der Waals surface area contributed by atoms with Crippen LogP contribution in [0.2, 0.25) is 0 Å². The van der Waals surface area contributed by atoms with E-state index in [1.54, 1.807) is 29.8 Å². The van der Waals surface area contributed by atoms with E-state index in [-0.39, 0.29) is 50.6 Å². The van der Waals surface area contributed by atoms with Crippen LogP contribution in [0.4, 0.5) is 4.79 Å². The van der Waals surface area contributed by atoms with Crippen molar-refractivity contribution in [3.05, 3.63) is 108 Å². The topological polar surface area (TPSA) is 129 Å². The standard InChI is InChI=1S/C48H60N2O9S/c1-4-27-56-48-43(50(2)47(53)55-32-33-14-6-5-7-15-33)31-41(49-59-44-18-10-13-28-54-44)39-29-34(16-8-11-25-51)38(17-9-12-26-52)45(46(39)48)40-30-36(21-24-42(40)58-48)57-35-19-22-37(60-3)23-20-35/h4-7,14-15,19-24,29-30,34,38,43-46,51-52H,1,8-13,16-18,25-28,31-32H2,2-3H3/t34-,38+,43-,44?,45+,46+,48+/m0/s1. The summed E-state index contributed by atoms with van der Waals surface area (Å²) in [5.74, 6) is 0.196. The highest BCUT2D eigenvalue weighted by Gasteiger charge is 2.65. The molecule has 7 atom stereocenters. The van der Waals surface area contributed by atoms with Gasteiger partial charge in [-0.25, -0.2) is 4.79 Å². The first-order chi connectivity index (χ1) is 29.4. The summed E-state index contributed by atoms with van der Waals surface area (Å²) in [5, 5.41) is 24.7. The molecule has 11 nitrogen and oxygen atoms in total. The molecule has 1 unspecified atom stereocenters. The maximum Gasteiger partial charge on any atom is 0.410 e. The molecule has 1 saturated heterocycles. The first kappa shape index (κ1) is 43.7. The predicted octanol–water partition coefficient (Wildman–Crippen LogP) is 9.63. The number of aliphatic hydroxyl groups excluding tert-OH is 2. The number of oxime groups is 1. The molecule has 2 aliphatic carbocycles. The maximum atomic E-state index is 14.2. The Balaban J connectivity index is 1.38. The number of hydrogen-bond acceptors (Lipinski definition) is 11. The van der Waals surface area contributed by atoms with Gasteiger partial charge in [0.2, 0.25) is 12.1 Å². The van der Waals surface area contributed by atoms with E-state index in [0.29, 0.717) is 36.7 Å². The van der Waals surface area contributed by atoms with E-state index in [4.69, 9.17) is 33.7 Å². The van der Waals surface area contributed by atoms with Crippen molar-refractivity contribution < 1.29 is 43.5 Å². The van der Waals surface area contributed by atoms with Gasteiger partial charge in [-0.1, -0.05) is 60.5 Å². The molecule has 4 aliphatic rings. The first-order valence-electron chi connectivity index (χ1n) is 21.5. The lowest BCUT2D eigenvalue weighted by Gasteiger charge is -2.59. The molecule has 60 heavy (non-hydrogen) atoms. The number of likely N-dealkylation sites (N-methyl/N-ethyl adjacent to an activating group) is 1. The van der Waals surface area contributed by atoms with Crippen LogP contribution in [0.25, 0.3) is 0 Å². The van der Waals surface area contributed by atoms with Crippen LogP contribution >= 0.6 is 11.8 Å². The molecule has 1 amide bonds. The van der Waals surface area contributed by atoms with Gasteiger partial charge in [0.25, 0.3) is 0 Å². The summed E-state index contributed by atoms with van der Waals surface area (Å²) < 4.78 is 32.7. The van der Waals surface area contributed by atoms with Gasteiger partial charge in [-0.2, -0.15) is 0 Å². The van der Waals surface area contributed by atoms with Crippen LogP contribution in [0, 0.1) is 17.8 Å². The number of ether oxygens (including phenoxy) is 5. The van der Waals surface area contributed by atoms with Gasteiger partial charge in [-0.3, -0.25) is 0 Å². The molecule has 322 valence electrons. The van der Waals surface area contributed by atoms with E-state index in [1.165, 1.54) is 0 Å². The molecule has 0 radical (unpaired) electrons. The number of benzene rings is 3. The molecule has 0 bridgehead atoms. The second kappa shape index (κ2) is 21.0. The quantitative estimate of drug-likeness (QED) is 0.0521. The van der Waals surface area contributed by atoms with Crippen molar-refractivity contribution in [1.82, 2.24) is 4.90 Å². The van der Waals surface area contributed by atoms with Crippen LogP contribution in [0.1, 0.15) is 81.3 Å². The minimum atomic E-state index is -1.39. The molecule has 1 saturated carbocycles. The van der Waals surface area contributed by atoms with Crippen LogP contribution in [-0.4, -0.2) is 84.8 Å². The Kier molecular flexibility index (Phi) is 15.3. The number of rotatable bonds is 19. The number of carbonyl (C=O) groups excluding carboxylic acids is 1. The van der Waals surface area contributed by atoms with E-state index >= 15 is 0 Å². The van der Waals surface area contributed by atoms with Crippen molar-refractivity contribution in [3.63, 3.8) is 0 Å².